The van der Waals surface area contributed by atoms with Gasteiger partial charge in [0.05, 0.1) is 5.75 Å². The van der Waals surface area contributed by atoms with Gasteiger partial charge in [-0.25, -0.2) is 0 Å². The molecule has 12 heavy (non-hydrogen) atoms. The van der Waals surface area contributed by atoms with E-state index in [4.69, 9.17) is 0 Å². The fourth-order valence-corrected chi connectivity index (χ4v) is 0.673. The van der Waals surface area contributed by atoms with Crippen molar-refractivity contribution in [2.45, 2.75) is 6.18 Å². The molecule has 1 unspecified atom stereocenters. The first-order chi connectivity index (χ1) is 5.31. The molecule has 0 spiro atoms. The highest BCUT2D eigenvalue weighted by Crippen LogP contribution is 2.11. The lowest BCUT2D eigenvalue weighted by Crippen LogP contribution is -2.36. The SMILES string of the molecule is O=C(CS(=O)[O-])NCC(F)(F)F. The summed E-state index contributed by atoms with van der Waals surface area (Å²) >= 11 is -2.65. The molecule has 1 N–H and O–H groups in total. The van der Waals surface area contributed by atoms with Gasteiger partial charge in [0.25, 0.3) is 0 Å². The van der Waals surface area contributed by atoms with Crippen LogP contribution < -0.4 is 5.32 Å². The van der Waals surface area contributed by atoms with Crippen molar-refractivity contribution in [3.8, 4) is 0 Å². The molecular weight excluding hydrogens is 199 g/mol. The van der Waals surface area contributed by atoms with Gasteiger partial charge in [-0.15, -0.1) is 0 Å². The summed E-state index contributed by atoms with van der Waals surface area (Å²) in [6, 6.07) is 0. The van der Waals surface area contributed by atoms with Gasteiger partial charge < -0.3 is 9.87 Å². The van der Waals surface area contributed by atoms with Crippen LogP contribution in [0.4, 0.5) is 13.2 Å². The van der Waals surface area contributed by atoms with Crippen molar-refractivity contribution in [2.75, 3.05) is 12.3 Å². The van der Waals surface area contributed by atoms with E-state index in [0.717, 1.165) is 0 Å². The minimum Gasteiger partial charge on any atom is -0.772 e. The molecule has 0 aliphatic rings. The van der Waals surface area contributed by atoms with Crippen LogP contribution in [0.2, 0.25) is 0 Å². The molecule has 1 amide bonds. The van der Waals surface area contributed by atoms with Crippen LogP contribution in [0, 0.1) is 0 Å². The molecular formula is C4H5F3NO3S-. The summed E-state index contributed by atoms with van der Waals surface area (Å²) in [5, 5.41) is 1.40. The second-order valence-electron chi connectivity index (χ2n) is 1.84. The third kappa shape index (κ3) is 7.48. The number of nitrogens with one attached hydrogen (secondary N) is 1. The molecule has 4 nitrogen and oxygen atoms in total. The van der Waals surface area contributed by atoms with Gasteiger partial charge in [0.1, 0.15) is 6.54 Å². The number of rotatable bonds is 3. The molecule has 1 atom stereocenters. The summed E-state index contributed by atoms with van der Waals surface area (Å²) in [6.07, 6.45) is -4.51. The van der Waals surface area contributed by atoms with E-state index >= 15 is 0 Å². The highest BCUT2D eigenvalue weighted by Gasteiger charge is 2.27. The summed E-state index contributed by atoms with van der Waals surface area (Å²) in [7, 11) is 0. The zero-order valence-electron chi connectivity index (χ0n) is 5.68. The van der Waals surface area contributed by atoms with Gasteiger partial charge in [-0.1, -0.05) is 0 Å². The Bertz CT molecular complexity index is 192. The number of carbonyl (C=O) groups is 1. The lowest BCUT2D eigenvalue weighted by Gasteiger charge is -2.08. The zero-order valence-corrected chi connectivity index (χ0v) is 6.50. The van der Waals surface area contributed by atoms with Crippen LogP contribution in [0.5, 0.6) is 0 Å². The molecule has 0 saturated heterocycles. The molecule has 0 heterocycles. The van der Waals surface area contributed by atoms with E-state index in [1.54, 1.807) is 0 Å². The average Bonchev–Trinajstić information content (AvgIpc) is 1.80. The fourth-order valence-electron chi connectivity index (χ4n) is 0.357. The topological polar surface area (TPSA) is 69.2 Å². The van der Waals surface area contributed by atoms with E-state index in [9.17, 15) is 26.7 Å². The molecule has 0 aromatic rings. The highest BCUT2D eigenvalue weighted by atomic mass is 32.2. The van der Waals surface area contributed by atoms with Crippen molar-refractivity contribution < 1.29 is 26.7 Å². The van der Waals surface area contributed by atoms with Gasteiger partial charge in [0.2, 0.25) is 5.91 Å². The minimum atomic E-state index is -4.51. The summed E-state index contributed by atoms with van der Waals surface area (Å²) < 4.78 is 53.7. The maximum atomic E-state index is 11.4. The summed E-state index contributed by atoms with van der Waals surface area (Å²) in [6.45, 7) is -1.51. The molecule has 0 bridgehead atoms. The van der Waals surface area contributed by atoms with E-state index in [2.05, 4.69) is 0 Å². The highest BCUT2D eigenvalue weighted by molar-refractivity contribution is 7.79. The van der Waals surface area contributed by atoms with E-state index in [1.807, 2.05) is 0 Å². The van der Waals surface area contributed by atoms with Gasteiger partial charge in [0.15, 0.2) is 0 Å². The largest absolute Gasteiger partial charge is 0.772 e. The molecule has 0 fully saturated rings. The Morgan fingerprint density at radius 1 is 1.50 bits per heavy atom. The predicted molar refractivity (Wildman–Crippen MR) is 32.9 cm³/mol. The van der Waals surface area contributed by atoms with Crippen LogP contribution in [0.15, 0.2) is 0 Å². The Kier molecular flexibility index (Phi) is 4.18. The van der Waals surface area contributed by atoms with Crippen molar-refractivity contribution in [3.05, 3.63) is 0 Å². The zero-order chi connectivity index (χ0) is 9.78. The van der Waals surface area contributed by atoms with Crippen LogP contribution in [-0.2, 0) is 15.9 Å². The third-order valence-corrected chi connectivity index (χ3v) is 1.23. The lowest BCUT2D eigenvalue weighted by molar-refractivity contribution is -0.137. The normalized spacial score (nSPS) is 14.0. The fraction of sp³-hybridized carbons (Fsp3) is 0.750. The standard InChI is InChI=1S/C4H6F3NO3S/c5-4(6,7)2-8-3(9)1-12(10)11/h1-2H2,(H,8,9)(H,10,11)/p-1. The van der Waals surface area contributed by atoms with Crippen molar-refractivity contribution in [2.24, 2.45) is 0 Å². The average molecular weight is 204 g/mol. The van der Waals surface area contributed by atoms with Crippen molar-refractivity contribution in [1.29, 1.82) is 0 Å². The second kappa shape index (κ2) is 4.41. The van der Waals surface area contributed by atoms with E-state index in [1.165, 1.54) is 5.32 Å². The van der Waals surface area contributed by atoms with Crippen LogP contribution in [0.3, 0.4) is 0 Å². The maximum Gasteiger partial charge on any atom is 0.405 e. The van der Waals surface area contributed by atoms with Crippen LogP contribution >= 0.6 is 0 Å². The Labute approximate surface area is 68.4 Å². The minimum absolute atomic E-state index is 0.948. The number of carbonyl (C=O) groups excluding carboxylic acids is 1. The number of hydrogen-bond donors (Lipinski definition) is 1. The first-order valence-electron chi connectivity index (χ1n) is 2.70. The van der Waals surface area contributed by atoms with Gasteiger partial charge >= 0.3 is 6.18 Å². The first-order valence-corrected chi connectivity index (χ1v) is 3.95. The smallest absolute Gasteiger partial charge is 0.405 e. The van der Waals surface area contributed by atoms with Crippen LogP contribution in [0.25, 0.3) is 0 Å². The van der Waals surface area contributed by atoms with Crippen molar-refractivity contribution >= 4 is 17.0 Å². The summed E-state index contributed by atoms with van der Waals surface area (Å²) in [5.74, 6) is -2.11. The summed E-state index contributed by atoms with van der Waals surface area (Å²) in [4.78, 5) is 10.3. The maximum absolute atomic E-state index is 11.4. The first kappa shape index (κ1) is 11.4. The monoisotopic (exact) mass is 204 g/mol. The Balaban J connectivity index is 3.65. The van der Waals surface area contributed by atoms with E-state index in [-0.39, 0.29) is 0 Å². The molecule has 0 aromatic heterocycles. The second-order valence-corrected chi connectivity index (χ2v) is 2.74. The van der Waals surface area contributed by atoms with Crippen molar-refractivity contribution in [3.63, 3.8) is 0 Å². The Morgan fingerprint density at radius 3 is 2.33 bits per heavy atom. The molecule has 8 heteroatoms. The molecule has 0 aliphatic carbocycles. The third-order valence-electron chi connectivity index (χ3n) is 0.735. The van der Waals surface area contributed by atoms with Gasteiger partial charge in [-0.2, -0.15) is 13.2 Å². The summed E-state index contributed by atoms with van der Waals surface area (Å²) in [5.41, 5.74) is 0. The molecule has 0 aromatic carbocycles. The number of amides is 1. The van der Waals surface area contributed by atoms with Gasteiger partial charge in [-0.05, 0) is 11.1 Å². The van der Waals surface area contributed by atoms with Crippen LogP contribution in [-0.4, -0.2) is 33.1 Å². The lowest BCUT2D eigenvalue weighted by atomic mass is 10.6. The molecule has 0 rings (SSSR count). The number of hydrogen-bond acceptors (Lipinski definition) is 3. The number of halogens is 3. The predicted octanol–water partition coefficient (Wildman–Crippen LogP) is -0.456. The van der Waals surface area contributed by atoms with Crippen LogP contribution in [0.1, 0.15) is 0 Å². The molecule has 0 radical (unpaired) electrons. The molecule has 0 saturated carbocycles. The van der Waals surface area contributed by atoms with E-state index < -0.39 is 35.5 Å². The number of alkyl halides is 3. The van der Waals surface area contributed by atoms with E-state index in [0.29, 0.717) is 0 Å². The van der Waals surface area contributed by atoms with Gasteiger partial charge in [0, 0.05) is 0 Å². The molecule has 0 aliphatic heterocycles. The molecule has 72 valence electrons. The quantitative estimate of drug-likeness (QED) is 0.632. The van der Waals surface area contributed by atoms with Crippen molar-refractivity contribution in [1.82, 2.24) is 5.32 Å². The Morgan fingerprint density at radius 2 is 2.00 bits per heavy atom. The Hall–Kier alpha value is -0.630. The van der Waals surface area contributed by atoms with Gasteiger partial charge in [-0.3, -0.25) is 9.00 Å².